The first-order valence-electron chi connectivity index (χ1n) is 5.76. The standard InChI is InChI=1S/C13H21BrN2O/c1-10(15)13(16(2)7-8-17-3)11-5-4-6-12(14)9-11/h4-6,9-10,13H,7-8,15H2,1-3H3. The molecule has 0 bridgehead atoms. The van der Waals surface area contributed by atoms with Crippen molar-refractivity contribution < 1.29 is 4.74 Å². The summed E-state index contributed by atoms with van der Waals surface area (Å²) in [6, 6.07) is 8.59. The summed E-state index contributed by atoms with van der Waals surface area (Å²) >= 11 is 3.50. The van der Waals surface area contributed by atoms with Crippen LogP contribution in [0.1, 0.15) is 18.5 Å². The molecule has 2 unspecified atom stereocenters. The number of likely N-dealkylation sites (N-methyl/N-ethyl adjacent to an activating group) is 1. The van der Waals surface area contributed by atoms with E-state index in [0.717, 1.165) is 11.0 Å². The minimum Gasteiger partial charge on any atom is -0.383 e. The van der Waals surface area contributed by atoms with Crippen LogP contribution in [-0.4, -0.2) is 38.3 Å². The van der Waals surface area contributed by atoms with Crippen molar-refractivity contribution in [3.8, 4) is 0 Å². The van der Waals surface area contributed by atoms with Crippen LogP contribution in [0.3, 0.4) is 0 Å². The molecule has 2 atom stereocenters. The first kappa shape index (κ1) is 14.6. The van der Waals surface area contributed by atoms with E-state index in [0.29, 0.717) is 6.61 Å². The Balaban J connectivity index is 2.85. The maximum atomic E-state index is 6.09. The molecule has 0 saturated carbocycles. The third-order valence-corrected chi connectivity index (χ3v) is 3.30. The number of rotatable bonds is 6. The second-order valence-corrected chi connectivity index (χ2v) is 5.25. The van der Waals surface area contributed by atoms with E-state index in [1.54, 1.807) is 7.11 Å². The number of ether oxygens (including phenoxy) is 1. The summed E-state index contributed by atoms with van der Waals surface area (Å²) in [5, 5.41) is 0. The van der Waals surface area contributed by atoms with Crippen molar-refractivity contribution in [2.45, 2.75) is 19.0 Å². The van der Waals surface area contributed by atoms with Crippen LogP contribution in [0.2, 0.25) is 0 Å². The Bertz CT molecular complexity index is 344. The molecule has 1 rings (SSSR count). The van der Waals surface area contributed by atoms with Crippen LogP contribution < -0.4 is 5.73 Å². The molecule has 96 valence electrons. The van der Waals surface area contributed by atoms with E-state index in [9.17, 15) is 0 Å². The normalized spacial score (nSPS) is 14.9. The van der Waals surface area contributed by atoms with Crippen molar-refractivity contribution in [1.29, 1.82) is 0 Å². The number of halogens is 1. The highest BCUT2D eigenvalue weighted by Crippen LogP contribution is 2.24. The Labute approximate surface area is 112 Å². The summed E-state index contributed by atoms with van der Waals surface area (Å²) < 4.78 is 6.19. The number of methoxy groups -OCH3 is 1. The van der Waals surface area contributed by atoms with E-state index in [2.05, 4.69) is 40.0 Å². The molecule has 0 aliphatic carbocycles. The van der Waals surface area contributed by atoms with Crippen molar-refractivity contribution >= 4 is 15.9 Å². The van der Waals surface area contributed by atoms with Gasteiger partial charge in [-0.1, -0.05) is 28.1 Å². The Morgan fingerprint density at radius 3 is 2.71 bits per heavy atom. The minimum atomic E-state index is 0.0751. The summed E-state index contributed by atoms with van der Waals surface area (Å²) in [6.07, 6.45) is 0. The van der Waals surface area contributed by atoms with Gasteiger partial charge in [0.2, 0.25) is 0 Å². The van der Waals surface area contributed by atoms with Crippen LogP contribution in [0, 0.1) is 0 Å². The highest BCUT2D eigenvalue weighted by atomic mass is 79.9. The van der Waals surface area contributed by atoms with E-state index in [1.807, 2.05) is 19.1 Å². The van der Waals surface area contributed by atoms with Gasteiger partial charge >= 0.3 is 0 Å². The van der Waals surface area contributed by atoms with Gasteiger partial charge in [-0.3, -0.25) is 4.90 Å². The Morgan fingerprint density at radius 1 is 1.47 bits per heavy atom. The first-order valence-corrected chi connectivity index (χ1v) is 6.55. The molecule has 0 saturated heterocycles. The monoisotopic (exact) mass is 300 g/mol. The summed E-state index contributed by atoms with van der Waals surface area (Å²) in [4.78, 5) is 2.23. The van der Waals surface area contributed by atoms with Gasteiger partial charge in [0.25, 0.3) is 0 Å². The first-order chi connectivity index (χ1) is 8.06. The van der Waals surface area contributed by atoms with E-state index < -0.39 is 0 Å². The van der Waals surface area contributed by atoms with Gasteiger partial charge in [-0.2, -0.15) is 0 Å². The highest BCUT2D eigenvalue weighted by Gasteiger charge is 2.20. The zero-order valence-electron chi connectivity index (χ0n) is 10.7. The van der Waals surface area contributed by atoms with Crippen molar-refractivity contribution in [2.24, 2.45) is 5.73 Å². The van der Waals surface area contributed by atoms with E-state index in [-0.39, 0.29) is 12.1 Å². The molecule has 0 aliphatic heterocycles. The third kappa shape index (κ3) is 4.39. The zero-order chi connectivity index (χ0) is 12.8. The lowest BCUT2D eigenvalue weighted by molar-refractivity contribution is 0.131. The SMILES string of the molecule is COCCN(C)C(c1cccc(Br)c1)C(C)N. The quantitative estimate of drug-likeness (QED) is 0.877. The number of benzene rings is 1. The average Bonchev–Trinajstić information content (AvgIpc) is 2.26. The molecule has 0 spiro atoms. The molecule has 17 heavy (non-hydrogen) atoms. The lowest BCUT2D eigenvalue weighted by Crippen LogP contribution is -2.38. The molecule has 0 aliphatic rings. The molecule has 1 aromatic carbocycles. The second kappa shape index (κ2) is 7.11. The van der Waals surface area contributed by atoms with Gasteiger partial charge in [-0.05, 0) is 31.7 Å². The molecule has 2 N–H and O–H groups in total. The molecule has 3 nitrogen and oxygen atoms in total. The van der Waals surface area contributed by atoms with Crippen LogP contribution in [0.15, 0.2) is 28.7 Å². The van der Waals surface area contributed by atoms with Gasteiger partial charge < -0.3 is 10.5 Å². The molecule has 0 aromatic heterocycles. The Hall–Kier alpha value is -0.420. The predicted molar refractivity (Wildman–Crippen MR) is 75.0 cm³/mol. The largest absolute Gasteiger partial charge is 0.383 e. The fourth-order valence-electron chi connectivity index (χ4n) is 2.02. The van der Waals surface area contributed by atoms with Gasteiger partial charge in [0.05, 0.1) is 6.61 Å². The molecule has 0 heterocycles. The second-order valence-electron chi connectivity index (χ2n) is 4.33. The van der Waals surface area contributed by atoms with E-state index in [4.69, 9.17) is 10.5 Å². The third-order valence-electron chi connectivity index (χ3n) is 2.81. The maximum absolute atomic E-state index is 6.09. The summed E-state index contributed by atoms with van der Waals surface area (Å²) in [6.45, 7) is 3.62. The van der Waals surface area contributed by atoms with E-state index >= 15 is 0 Å². The lowest BCUT2D eigenvalue weighted by atomic mass is 10.00. The molecular formula is C13H21BrN2O. The van der Waals surface area contributed by atoms with Crippen LogP contribution >= 0.6 is 15.9 Å². The smallest absolute Gasteiger partial charge is 0.0589 e. The molecule has 1 aromatic rings. The van der Waals surface area contributed by atoms with Gasteiger partial charge in [0.1, 0.15) is 0 Å². The number of nitrogens with two attached hydrogens (primary N) is 1. The average molecular weight is 301 g/mol. The van der Waals surface area contributed by atoms with Gasteiger partial charge in [-0.25, -0.2) is 0 Å². The van der Waals surface area contributed by atoms with Crippen LogP contribution in [0.5, 0.6) is 0 Å². The zero-order valence-corrected chi connectivity index (χ0v) is 12.3. The fourth-order valence-corrected chi connectivity index (χ4v) is 2.44. The van der Waals surface area contributed by atoms with Crippen molar-refractivity contribution in [3.63, 3.8) is 0 Å². The number of hydrogen-bond donors (Lipinski definition) is 1. The van der Waals surface area contributed by atoms with Crippen molar-refractivity contribution in [2.75, 3.05) is 27.3 Å². The Kier molecular flexibility index (Phi) is 6.12. The van der Waals surface area contributed by atoms with E-state index in [1.165, 1.54) is 5.56 Å². The molecular weight excluding hydrogens is 280 g/mol. The Morgan fingerprint density at radius 2 is 2.18 bits per heavy atom. The van der Waals surface area contributed by atoms with Crippen LogP contribution in [0.25, 0.3) is 0 Å². The summed E-state index contributed by atoms with van der Waals surface area (Å²) in [7, 11) is 3.79. The van der Waals surface area contributed by atoms with Gasteiger partial charge in [0, 0.05) is 30.2 Å². The molecule has 0 fully saturated rings. The van der Waals surface area contributed by atoms with Gasteiger partial charge in [-0.15, -0.1) is 0 Å². The number of nitrogens with zero attached hydrogens (tertiary/aromatic N) is 1. The molecule has 0 radical (unpaired) electrons. The van der Waals surface area contributed by atoms with Gasteiger partial charge in [0.15, 0.2) is 0 Å². The maximum Gasteiger partial charge on any atom is 0.0589 e. The van der Waals surface area contributed by atoms with Crippen molar-refractivity contribution in [1.82, 2.24) is 4.90 Å². The van der Waals surface area contributed by atoms with Crippen molar-refractivity contribution in [3.05, 3.63) is 34.3 Å². The highest BCUT2D eigenvalue weighted by molar-refractivity contribution is 9.10. The summed E-state index contributed by atoms with van der Waals surface area (Å²) in [5.41, 5.74) is 7.32. The summed E-state index contributed by atoms with van der Waals surface area (Å²) in [5.74, 6) is 0. The number of hydrogen-bond acceptors (Lipinski definition) is 3. The van der Waals surface area contributed by atoms with Crippen LogP contribution in [-0.2, 0) is 4.74 Å². The fraction of sp³-hybridized carbons (Fsp3) is 0.538. The topological polar surface area (TPSA) is 38.5 Å². The predicted octanol–water partition coefficient (Wildman–Crippen LogP) is 2.42. The van der Waals surface area contributed by atoms with Crippen LogP contribution in [0.4, 0.5) is 0 Å². The minimum absolute atomic E-state index is 0.0751. The molecule has 0 amide bonds. The lowest BCUT2D eigenvalue weighted by Gasteiger charge is -2.31. The molecule has 4 heteroatoms.